The Kier molecular flexibility index (Phi) is 3.20. The van der Waals surface area contributed by atoms with Crippen LogP contribution in [0.5, 0.6) is 0 Å². The Morgan fingerprint density at radius 1 is 1.41 bits per heavy atom. The molecular formula is C14H19NO2. The summed E-state index contributed by atoms with van der Waals surface area (Å²) in [4.78, 5) is 11.8. The fourth-order valence-electron chi connectivity index (χ4n) is 2.11. The molecule has 3 heteroatoms. The highest BCUT2D eigenvalue weighted by atomic mass is 16.6. The summed E-state index contributed by atoms with van der Waals surface area (Å²) in [6.45, 7) is 6.51. The number of carbonyl (C=O) groups excluding carboxylic acids is 1. The van der Waals surface area contributed by atoms with E-state index in [-0.39, 0.29) is 12.0 Å². The van der Waals surface area contributed by atoms with Crippen molar-refractivity contribution in [2.24, 2.45) is 0 Å². The van der Waals surface area contributed by atoms with E-state index in [0.29, 0.717) is 6.42 Å². The Labute approximate surface area is 102 Å². The van der Waals surface area contributed by atoms with Gasteiger partial charge in [0, 0.05) is 12.6 Å². The fourth-order valence-corrected chi connectivity index (χ4v) is 2.11. The lowest BCUT2D eigenvalue weighted by molar-refractivity contribution is -0.155. The Morgan fingerprint density at radius 2 is 2.12 bits per heavy atom. The standard InChI is InChI=1S/C14H19NO2/c1-14(2,3)17-13(16)8-12-11-7-5-4-6-10(11)9-15-12/h4-7,12,15H,8-9H2,1-3H3. The van der Waals surface area contributed by atoms with Crippen molar-refractivity contribution in [3.05, 3.63) is 35.4 Å². The lowest BCUT2D eigenvalue weighted by atomic mass is 10.0. The molecule has 3 nitrogen and oxygen atoms in total. The topological polar surface area (TPSA) is 38.3 Å². The molecule has 1 aliphatic heterocycles. The number of fused-ring (bicyclic) bond motifs is 1. The molecule has 1 N–H and O–H groups in total. The molecule has 1 atom stereocenters. The molecule has 0 amide bonds. The van der Waals surface area contributed by atoms with Gasteiger partial charge in [-0.3, -0.25) is 4.79 Å². The third-order valence-corrected chi connectivity index (χ3v) is 2.76. The van der Waals surface area contributed by atoms with Crippen LogP contribution in [0.1, 0.15) is 44.4 Å². The number of ether oxygens (including phenoxy) is 1. The van der Waals surface area contributed by atoms with Crippen LogP contribution in [0.2, 0.25) is 0 Å². The third kappa shape index (κ3) is 3.07. The molecule has 0 aromatic heterocycles. The Morgan fingerprint density at radius 3 is 2.82 bits per heavy atom. The molecule has 0 aliphatic carbocycles. The SMILES string of the molecule is CC(C)(C)OC(=O)CC1NCc2ccccc21. The summed E-state index contributed by atoms with van der Waals surface area (Å²) < 4.78 is 5.34. The minimum atomic E-state index is -0.408. The number of benzene rings is 1. The van der Waals surface area contributed by atoms with Crippen molar-refractivity contribution in [2.45, 2.75) is 45.4 Å². The number of hydrogen-bond acceptors (Lipinski definition) is 3. The molecule has 1 aliphatic rings. The van der Waals surface area contributed by atoms with Crippen molar-refractivity contribution in [3.63, 3.8) is 0 Å². The van der Waals surface area contributed by atoms with Crippen molar-refractivity contribution >= 4 is 5.97 Å². The fraction of sp³-hybridized carbons (Fsp3) is 0.500. The second kappa shape index (κ2) is 4.49. The van der Waals surface area contributed by atoms with Crippen LogP contribution in [0.4, 0.5) is 0 Å². The quantitative estimate of drug-likeness (QED) is 0.798. The smallest absolute Gasteiger partial charge is 0.308 e. The second-order valence-corrected chi connectivity index (χ2v) is 5.42. The number of esters is 1. The minimum Gasteiger partial charge on any atom is -0.460 e. The van der Waals surface area contributed by atoms with E-state index in [1.54, 1.807) is 0 Å². The Balaban J connectivity index is 2.00. The first-order chi connectivity index (χ1) is 7.96. The molecule has 2 rings (SSSR count). The Bertz CT molecular complexity index is 420. The summed E-state index contributed by atoms with van der Waals surface area (Å²) in [5, 5.41) is 3.34. The first-order valence-electron chi connectivity index (χ1n) is 5.99. The van der Waals surface area contributed by atoms with Crippen molar-refractivity contribution in [1.82, 2.24) is 5.32 Å². The third-order valence-electron chi connectivity index (χ3n) is 2.76. The van der Waals surface area contributed by atoms with Crippen molar-refractivity contribution < 1.29 is 9.53 Å². The van der Waals surface area contributed by atoms with E-state index in [1.807, 2.05) is 32.9 Å². The second-order valence-electron chi connectivity index (χ2n) is 5.42. The van der Waals surface area contributed by atoms with E-state index in [0.717, 1.165) is 6.54 Å². The summed E-state index contributed by atoms with van der Waals surface area (Å²) in [6.07, 6.45) is 0.397. The summed E-state index contributed by atoms with van der Waals surface area (Å²) >= 11 is 0. The maximum atomic E-state index is 11.8. The molecule has 0 radical (unpaired) electrons. The van der Waals surface area contributed by atoms with Gasteiger partial charge in [0.05, 0.1) is 6.42 Å². The molecule has 0 saturated carbocycles. The number of hydrogen-bond donors (Lipinski definition) is 1. The first kappa shape index (κ1) is 12.1. The van der Waals surface area contributed by atoms with Gasteiger partial charge in [-0.05, 0) is 31.9 Å². The zero-order valence-electron chi connectivity index (χ0n) is 10.6. The summed E-state index contributed by atoms with van der Waals surface area (Å²) in [5.41, 5.74) is 2.09. The van der Waals surface area contributed by atoms with Gasteiger partial charge in [-0.2, -0.15) is 0 Å². The van der Waals surface area contributed by atoms with E-state index < -0.39 is 5.60 Å². The highest BCUT2D eigenvalue weighted by Crippen LogP contribution is 2.28. The van der Waals surface area contributed by atoms with Gasteiger partial charge in [0.2, 0.25) is 0 Å². The minimum absolute atomic E-state index is 0.0982. The molecule has 0 bridgehead atoms. The summed E-state index contributed by atoms with van der Waals surface area (Å²) in [7, 11) is 0. The van der Waals surface area contributed by atoms with Gasteiger partial charge >= 0.3 is 5.97 Å². The lowest BCUT2D eigenvalue weighted by Crippen LogP contribution is -2.26. The predicted molar refractivity (Wildman–Crippen MR) is 66.5 cm³/mol. The normalized spacial score (nSPS) is 18.9. The maximum absolute atomic E-state index is 11.8. The van der Waals surface area contributed by atoms with E-state index >= 15 is 0 Å². The summed E-state index contributed by atoms with van der Waals surface area (Å²) in [5.74, 6) is -0.147. The number of carbonyl (C=O) groups is 1. The van der Waals surface area contributed by atoms with E-state index in [4.69, 9.17) is 4.74 Å². The van der Waals surface area contributed by atoms with Gasteiger partial charge in [0.15, 0.2) is 0 Å². The largest absolute Gasteiger partial charge is 0.460 e. The monoisotopic (exact) mass is 233 g/mol. The lowest BCUT2D eigenvalue weighted by Gasteiger charge is -2.21. The average Bonchev–Trinajstić information content (AvgIpc) is 2.59. The van der Waals surface area contributed by atoms with E-state index in [1.165, 1.54) is 11.1 Å². The number of nitrogens with one attached hydrogen (secondary N) is 1. The van der Waals surface area contributed by atoms with Gasteiger partial charge in [-0.15, -0.1) is 0 Å². The summed E-state index contributed by atoms with van der Waals surface area (Å²) in [6, 6.07) is 8.30. The van der Waals surface area contributed by atoms with Gasteiger partial charge in [-0.25, -0.2) is 0 Å². The predicted octanol–water partition coefficient (Wildman–Crippen LogP) is 2.56. The zero-order chi connectivity index (χ0) is 12.5. The maximum Gasteiger partial charge on any atom is 0.308 e. The first-order valence-corrected chi connectivity index (χ1v) is 5.99. The zero-order valence-corrected chi connectivity index (χ0v) is 10.6. The molecule has 0 saturated heterocycles. The average molecular weight is 233 g/mol. The van der Waals surface area contributed by atoms with Gasteiger partial charge in [-0.1, -0.05) is 24.3 Å². The van der Waals surface area contributed by atoms with Crippen LogP contribution in [0.15, 0.2) is 24.3 Å². The molecule has 92 valence electrons. The van der Waals surface area contributed by atoms with Crippen LogP contribution in [0.3, 0.4) is 0 Å². The van der Waals surface area contributed by atoms with Crippen molar-refractivity contribution in [1.29, 1.82) is 0 Å². The highest BCUT2D eigenvalue weighted by Gasteiger charge is 2.26. The molecule has 0 spiro atoms. The van der Waals surface area contributed by atoms with Gasteiger partial charge in [0.25, 0.3) is 0 Å². The highest BCUT2D eigenvalue weighted by molar-refractivity contribution is 5.71. The van der Waals surface area contributed by atoms with Crippen molar-refractivity contribution in [3.8, 4) is 0 Å². The van der Waals surface area contributed by atoms with E-state index in [9.17, 15) is 4.79 Å². The molecule has 1 unspecified atom stereocenters. The molecular weight excluding hydrogens is 214 g/mol. The Hall–Kier alpha value is -1.35. The van der Waals surface area contributed by atoms with Gasteiger partial charge in [0.1, 0.15) is 5.60 Å². The molecule has 1 aromatic rings. The van der Waals surface area contributed by atoms with Crippen LogP contribution in [0.25, 0.3) is 0 Å². The van der Waals surface area contributed by atoms with Crippen LogP contribution in [-0.2, 0) is 16.1 Å². The molecule has 1 aromatic carbocycles. The van der Waals surface area contributed by atoms with Crippen molar-refractivity contribution in [2.75, 3.05) is 0 Å². The van der Waals surface area contributed by atoms with Crippen LogP contribution in [0, 0.1) is 0 Å². The van der Waals surface area contributed by atoms with Gasteiger partial charge < -0.3 is 10.1 Å². The van der Waals surface area contributed by atoms with Crippen LogP contribution >= 0.6 is 0 Å². The number of rotatable bonds is 2. The molecule has 1 heterocycles. The molecule has 17 heavy (non-hydrogen) atoms. The van der Waals surface area contributed by atoms with Crippen LogP contribution < -0.4 is 5.32 Å². The molecule has 0 fully saturated rings. The van der Waals surface area contributed by atoms with Crippen LogP contribution in [-0.4, -0.2) is 11.6 Å². The van der Waals surface area contributed by atoms with E-state index in [2.05, 4.69) is 17.4 Å².